The summed E-state index contributed by atoms with van der Waals surface area (Å²) in [5.74, 6) is 0.639. The summed E-state index contributed by atoms with van der Waals surface area (Å²) < 4.78 is 0. The lowest BCUT2D eigenvalue weighted by Gasteiger charge is -2.20. The molecule has 0 saturated carbocycles. The normalized spacial score (nSPS) is 13.5. The molecule has 8 aromatic rings. The highest BCUT2D eigenvalue weighted by Crippen LogP contribution is 2.44. The fraction of sp³-hybridized carbons (Fsp3) is 0.0678. The van der Waals surface area contributed by atoms with E-state index in [-0.39, 0.29) is 0 Å². The van der Waals surface area contributed by atoms with Crippen molar-refractivity contribution in [2.45, 2.75) is 26.3 Å². The van der Waals surface area contributed by atoms with Crippen LogP contribution in [0.5, 0.6) is 0 Å². The Morgan fingerprint density at radius 2 is 1.37 bits per heavy atom. The van der Waals surface area contributed by atoms with E-state index in [9.17, 15) is 0 Å². The van der Waals surface area contributed by atoms with Gasteiger partial charge >= 0.3 is 0 Å². The summed E-state index contributed by atoms with van der Waals surface area (Å²) in [6, 6.07) is 53.7. The number of aliphatic imine (C=N–C) groups is 2. The first-order chi connectivity index (χ1) is 30.6. The van der Waals surface area contributed by atoms with Crippen LogP contribution in [0.15, 0.2) is 241 Å². The van der Waals surface area contributed by atoms with Gasteiger partial charge in [-0.3, -0.25) is 9.98 Å². The maximum atomic E-state index is 5.31. The molecule has 7 aromatic carbocycles. The molecule has 298 valence electrons. The SMILES string of the molecule is C=CC(=NC(=NCc1ccc2ccccc2c1)c1cccc(-c2c3ccccc3c(C3=C(C=C)C(/C=C\CC)=CCC=C3)c3ccccc23)c1)c1ccc(-c2cccnc2)cc1. The van der Waals surface area contributed by atoms with E-state index in [1.54, 1.807) is 6.20 Å². The van der Waals surface area contributed by atoms with Gasteiger partial charge in [0.05, 0.1) is 12.3 Å². The second kappa shape index (κ2) is 18.3. The lowest BCUT2D eigenvalue weighted by molar-refractivity contribution is 1.07. The molecule has 0 amide bonds. The molecule has 0 radical (unpaired) electrons. The van der Waals surface area contributed by atoms with Crippen molar-refractivity contribution in [1.29, 1.82) is 0 Å². The fourth-order valence-electron chi connectivity index (χ4n) is 8.53. The minimum absolute atomic E-state index is 0.469. The zero-order valence-electron chi connectivity index (χ0n) is 35.0. The van der Waals surface area contributed by atoms with Crippen molar-refractivity contribution in [1.82, 2.24) is 4.98 Å². The molecule has 1 aliphatic rings. The molecule has 0 aliphatic heterocycles. The Morgan fingerprint density at radius 3 is 2.06 bits per heavy atom. The Morgan fingerprint density at radius 1 is 0.661 bits per heavy atom. The number of allylic oxidation sites excluding steroid dienone is 10. The van der Waals surface area contributed by atoms with E-state index < -0.39 is 0 Å². The summed E-state index contributed by atoms with van der Waals surface area (Å²) in [5, 5.41) is 7.14. The number of hydrogen-bond acceptors (Lipinski definition) is 2. The molecule has 3 heteroatoms. The largest absolute Gasteiger partial charge is 0.264 e. The van der Waals surface area contributed by atoms with Crippen molar-refractivity contribution in [2.24, 2.45) is 9.98 Å². The maximum Gasteiger partial charge on any atom is 0.155 e. The van der Waals surface area contributed by atoms with Gasteiger partial charge in [0.1, 0.15) is 0 Å². The van der Waals surface area contributed by atoms with Crippen molar-refractivity contribution in [3.63, 3.8) is 0 Å². The van der Waals surface area contributed by atoms with Gasteiger partial charge in [-0.2, -0.15) is 0 Å². The van der Waals surface area contributed by atoms with E-state index in [1.165, 1.54) is 54.6 Å². The molecular weight excluding hydrogens is 751 g/mol. The standard InChI is InChI=1S/C59H47N3/c1-4-7-18-44-20-10-11-25-51(50(44)5-2)58-54-28-14-12-26-52(54)57(53-27-13-15-29-55(53)58)47-22-16-23-48(38-47)59(61-39-41-30-31-42-19-8-9-21-46(42)37-41)62-56(6-3)45-34-32-43(33-35-45)49-24-17-36-60-40-49/h5-9,11-38,40H,2-4,10,39H2,1H3/b18-7-,61-59?,62-56?. The molecular formula is C59H47N3. The van der Waals surface area contributed by atoms with Gasteiger partial charge in [0.2, 0.25) is 0 Å². The third kappa shape index (κ3) is 8.09. The molecule has 0 fully saturated rings. The van der Waals surface area contributed by atoms with E-state index in [4.69, 9.17) is 9.98 Å². The van der Waals surface area contributed by atoms with Crippen LogP contribution in [0.2, 0.25) is 0 Å². The first-order valence-corrected chi connectivity index (χ1v) is 21.3. The molecule has 0 spiro atoms. The number of nitrogens with zero attached hydrogens (tertiary/aromatic N) is 3. The van der Waals surface area contributed by atoms with Crippen molar-refractivity contribution < 1.29 is 0 Å². The van der Waals surface area contributed by atoms with E-state index in [0.29, 0.717) is 12.4 Å². The summed E-state index contributed by atoms with van der Waals surface area (Å²) >= 11 is 0. The highest BCUT2D eigenvalue weighted by molar-refractivity contribution is 6.21. The Hall–Kier alpha value is -7.75. The van der Waals surface area contributed by atoms with E-state index >= 15 is 0 Å². The maximum absolute atomic E-state index is 5.31. The second-order valence-electron chi connectivity index (χ2n) is 15.4. The molecule has 62 heavy (non-hydrogen) atoms. The summed E-state index contributed by atoms with van der Waals surface area (Å²) in [5.41, 5.74) is 12.9. The Labute approximate surface area is 364 Å². The summed E-state index contributed by atoms with van der Waals surface area (Å²) in [6.45, 7) is 11.2. The van der Waals surface area contributed by atoms with Crippen molar-refractivity contribution in [2.75, 3.05) is 0 Å². The minimum Gasteiger partial charge on any atom is -0.264 e. The van der Waals surface area contributed by atoms with Gasteiger partial charge in [-0.1, -0.05) is 190 Å². The Bertz CT molecular complexity index is 3120. The van der Waals surface area contributed by atoms with Crippen molar-refractivity contribution in [3.8, 4) is 22.3 Å². The van der Waals surface area contributed by atoms with E-state index in [1.807, 2.05) is 24.4 Å². The highest BCUT2D eigenvalue weighted by atomic mass is 14.9. The van der Waals surface area contributed by atoms with Gasteiger partial charge in [-0.15, -0.1) is 0 Å². The number of rotatable bonds is 11. The van der Waals surface area contributed by atoms with Gasteiger partial charge in [-0.05, 0) is 120 Å². The van der Waals surface area contributed by atoms with Gasteiger partial charge in [-0.25, -0.2) is 4.99 Å². The quantitative estimate of drug-likeness (QED) is 0.0730. The number of hydrogen-bond donors (Lipinski definition) is 0. The highest BCUT2D eigenvalue weighted by Gasteiger charge is 2.20. The molecule has 0 bridgehead atoms. The number of pyridine rings is 1. The molecule has 0 saturated heterocycles. The smallest absolute Gasteiger partial charge is 0.155 e. The molecule has 1 heterocycles. The van der Waals surface area contributed by atoms with Crippen molar-refractivity contribution >= 4 is 49.4 Å². The number of aromatic nitrogens is 1. The second-order valence-corrected chi connectivity index (χ2v) is 15.4. The van der Waals surface area contributed by atoms with E-state index in [0.717, 1.165) is 57.5 Å². The molecule has 1 aromatic heterocycles. The van der Waals surface area contributed by atoms with Crippen LogP contribution < -0.4 is 0 Å². The third-order valence-electron chi connectivity index (χ3n) is 11.5. The lowest BCUT2D eigenvalue weighted by atomic mass is 9.83. The summed E-state index contributed by atoms with van der Waals surface area (Å²) in [6.07, 6.45) is 20.7. The predicted octanol–water partition coefficient (Wildman–Crippen LogP) is 15.3. The first kappa shape index (κ1) is 39.7. The number of fused-ring (bicyclic) bond motifs is 3. The van der Waals surface area contributed by atoms with Gasteiger partial charge in [0, 0.05) is 23.5 Å². The first-order valence-electron chi connectivity index (χ1n) is 21.3. The van der Waals surface area contributed by atoms with E-state index in [2.05, 4.69) is 201 Å². The average Bonchev–Trinajstić information content (AvgIpc) is 3.54. The molecule has 3 nitrogen and oxygen atoms in total. The van der Waals surface area contributed by atoms with Crippen LogP contribution in [0.4, 0.5) is 0 Å². The van der Waals surface area contributed by atoms with Gasteiger partial charge in [0.25, 0.3) is 0 Å². The summed E-state index contributed by atoms with van der Waals surface area (Å²) in [7, 11) is 0. The zero-order valence-corrected chi connectivity index (χ0v) is 35.0. The monoisotopic (exact) mass is 797 g/mol. The van der Waals surface area contributed by atoms with Crippen LogP contribution in [0.25, 0.3) is 60.1 Å². The average molecular weight is 798 g/mol. The van der Waals surface area contributed by atoms with Gasteiger partial charge in [0.15, 0.2) is 5.84 Å². The Kier molecular flexibility index (Phi) is 11.7. The van der Waals surface area contributed by atoms with Crippen LogP contribution in [-0.2, 0) is 6.54 Å². The van der Waals surface area contributed by atoms with Gasteiger partial charge < -0.3 is 0 Å². The van der Waals surface area contributed by atoms with Crippen LogP contribution >= 0.6 is 0 Å². The number of amidine groups is 1. The van der Waals surface area contributed by atoms with Crippen molar-refractivity contribution in [3.05, 3.63) is 253 Å². The molecule has 1 aliphatic carbocycles. The zero-order chi connectivity index (χ0) is 42.3. The molecule has 0 atom stereocenters. The lowest BCUT2D eigenvalue weighted by Crippen LogP contribution is -2.06. The molecule has 9 rings (SSSR count). The predicted molar refractivity (Wildman–Crippen MR) is 266 cm³/mol. The van der Waals surface area contributed by atoms with Crippen LogP contribution in [0.3, 0.4) is 0 Å². The van der Waals surface area contributed by atoms with Crippen LogP contribution in [-0.4, -0.2) is 16.5 Å². The molecule has 0 unspecified atom stereocenters. The molecule has 0 N–H and O–H groups in total. The Balaban J connectivity index is 1.21. The summed E-state index contributed by atoms with van der Waals surface area (Å²) in [4.78, 5) is 14.9. The van der Waals surface area contributed by atoms with Crippen LogP contribution in [0, 0.1) is 0 Å². The third-order valence-corrected chi connectivity index (χ3v) is 11.5. The fourth-order valence-corrected chi connectivity index (χ4v) is 8.53. The topological polar surface area (TPSA) is 37.6 Å². The minimum atomic E-state index is 0.469. The van der Waals surface area contributed by atoms with Crippen LogP contribution in [0.1, 0.15) is 42.0 Å². The number of benzene rings is 7.